The van der Waals surface area contributed by atoms with Crippen molar-refractivity contribution in [3.63, 3.8) is 0 Å². The van der Waals surface area contributed by atoms with E-state index in [0.717, 1.165) is 23.2 Å². The molecule has 2 amide bonds. The number of carbonyl (C=O) groups is 3. The van der Waals surface area contributed by atoms with Crippen LogP contribution in [0.15, 0.2) is 35.3 Å². The Bertz CT molecular complexity index is 1500. The van der Waals surface area contributed by atoms with Crippen molar-refractivity contribution >= 4 is 35.0 Å². The summed E-state index contributed by atoms with van der Waals surface area (Å²) in [5.41, 5.74) is 2.53. The van der Waals surface area contributed by atoms with E-state index in [2.05, 4.69) is 42.2 Å². The molecule has 1 aromatic heterocycles. The van der Waals surface area contributed by atoms with Gasteiger partial charge < -0.3 is 15.7 Å². The summed E-state index contributed by atoms with van der Waals surface area (Å²) < 4.78 is 15.1. The topological polar surface area (TPSA) is 166 Å². The minimum Gasteiger partial charge on any atom is -0.480 e. The number of amidine groups is 1. The Morgan fingerprint density at radius 3 is 2.69 bits per heavy atom. The van der Waals surface area contributed by atoms with E-state index in [1.165, 1.54) is 17.0 Å². The summed E-state index contributed by atoms with van der Waals surface area (Å²) in [6, 6.07) is 5.84. The molecule has 4 N–H and O–H groups in total. The molecule has 4 rings (SSSR count). The van der Waals surface area contributed by atoms with Gasteiger partial charge in [0.1, 0.15) is 11.9 Å². The van der Waals surface area contributed by atoms with Gasteiger partial charge in [0.15, 0.2) is 5.82 Å². The lowest BCUT2D eigenvalue weighted by Gasteiger charge is -2.24. The van der Waals surface area contributed by atoms with Crippen molar-refractivity contribution < 1.29 is 23.9 Å². The number of nitrogens with one attached hydrogen (secondary N) is 3. The van der Waals surface area contributed by atoms with Gasteiger partial charge in [-0.3, -0.25) is 19.5 Å². The van der Waals surface area contributed by atoms with Gasteiger partial charge in [0, 0.05) is 23.4 Å². The van der Waals surface area contributed by atoms with Gasteiger partial charge in [-0.05, 0) is 61.7 Å². The van der Waals surface area contributed by atoms with E-state index >= 15 is 4.39 Å². The number of hydrogen-bond donors (Lipinski definition) is 4. The maximum Gasteiger partial charge on any atom is 0.326 e. The lowest BCUT2D eigenvalue weighted by atomic mass is 10.00. The van der Waals surface area contributed by atoms with Crippen LogP contribution in [0.2, 0.25) is 0 Å². The molecule has 3 aromatic rings. The smallest absolute Gasteiger partial charge is 0.326 e. The molecule has 1 atom stereocenters. The number of carbonyl (C=O) groups excluding carboxylic acids is 2. The summed E-state index contributed by atoms with van der Waals surface area (Å²) in [5.74, 6) is -0.152. The number of terminal acetylenes is 1. The lowest BCUT2D eigenvalue weighted by Crippen LogP contribution is -2.41. The van der Waals surface area contributed by atoms with Crippen LogP contribution in [-0.4, -0.2) is 61.9 Å². The molecule has 0 aliphatic carbocycles. The highest BCUT2D eigenvalue weighted by Crippen LogP contribution is 2.28. The monoisotopic (exact) mass is 532 g/mol. The number of aromatic nitrogens is 4. The number of hydrogen-bond acceptors (Lipinski definition) is 8. The second-order valence-corrected chi connectivity index (χ2v) is 8.84. The molecule has 2 heterocycles. The number of benzene rings is 2. The SMILES string of the molecule is C#CCN(C(=O)c1cc2c(cc1C)NC(C)=NC2)c1ccc(C(=O)N[C@@H](CCc2nn[nH]n2)C(=O)O)c(F)c1. The van der Waals surface area contributed by atoms with Crippen LogP contribution in [0.25, 0.3) is 0 Å². The molecule has 1 aliphatic rings. The van der Waals surface area contributed by atoms with E-state index in [4.69, 9.17) is 6.42 Å². The Morgan fingerprint density at radius 1 is 1.23 bits per heavy atom. The van der Waals surface area contributed by atoms with Gasteiger partial charge in [0.25, 0.3) is 11.8 Å². The molecule has 200 valence electrons. The van der Waals surface area contributed by atoms with E-state index in [1.54, 1.807) is 13.0 Å². The molecule has 39 heavy (non-hydrogen) atoms. The van der Waals surface area contributed by atoms with Gasteiger partial charge in [0.05, 0.1) is 24.5 Å². The number of amides is 2. The molecular weight excluding hydrogens is 507 g/mol. The van der Waals surface area contributed by atoms with Gasteiger partial charge in [-0.2, -0.15) is 5.21 Å². The summed E-state index contributed by atoms with van der Waals surface area (Å²) >= 11 is 0. The fourth-order valence-corrected chi connectivity index (χ4v) is 4.10. The van der Waals surface area contributed by atoms with Gasteiger partial charge in [0.2, 0.25) is 0 Å². The molecule has 2 aromatic carbocycles. The van der Waals surface area contributed by atoms with E-state index in [9.17, 15) is 19.5 Å². The van der Waals surface area contributed by atoms with E-state index < -0.39 is 29.6 Å². The van der Waals surface area contributed by atoms with E-state index in [0.29, 0.717) is 17.7 Å². The molecular formula is C26H25FN8O4. The van der Waals surface area contributed by atoms with E-state index in [1.807, 2.05) is 13.0 Å². The van der Waals surface area contributed by atoms with Crippen molar-refractivity contribution in [2.75, 3.05) is 16.8 Å². The summed E-state index contributed by atoms with van der Waals surface area (Å²) in [6.45, 7) is 3.90. The summed E-state index contributed by atoms with van der Waals surface area (Å²) in [6.07, 6.45) is 5.60. The second kappa shape index (κ2) is 11.5. The van der Waals surface area contributed by atoms with Crippen molar-refractivity contribution in [1.29, 1.82) is 0 Å². The van der Waals surface area contributed by atoms with Crippen LogP contribution in [0.3, 0.4) is 0 Å². The van der Waals surface area contributed by atoms with Crippen LogP contribution in [-0.2, 0) is 17.8 Å². The first-order valence-corrected chi connectivity index (χ1v) is 11.9. The quantitative estimate of drug-likeness (QED) is 0.304. The minimum atomic E-state index is -1.32. The molecule has 13 heteroatoms. The Kier molecular flexibility index (Phi) is 7.95. The number of aryl methyl sites for hydroxylation is 2. The standard InChI is InChI=1S/C26H25FN8O4/c1-4-9-35(25(37)19-11-16-13-28-15(3)29-22(16)10-14(19)2)17-5-6-18(20(27)12-17)24(36)30-21(26(38)39)7-8-23-31-33-34-32-23/h1,5-6,10-12,21H,7-9,13H2,2-3H3,(H,28,29)(H,30,36)(H,38,39)(H,31,32,33,34)/t21-/m0/s1. The summed E-state index contributed by atoms with van der Waals surface area (Å²) in [4.78, 5) is 43.4. The Hall–Kier alpha value is -5.12. The van der Waals surface area contributed by atoms with E-state index in [-0.39, 0.29) is 36.5 Å². The first-order chi connectivity index (χ1) is 18.7. The summed E-state index contributed by atoms with van der Waals surface area (Å²) in [7, 11) is 0. The highest BCUT2D eigenvalue weighted by atomic mass is 19.1. The van der Waals surface area contributed by atoms with Crippen molar-refractivity contribution in [2.45, 2.75) is 39.3 Å². The van der Waals surface area contributed by atoms with Crippen molar-refractivity contribution in [3.8, 4) is 12.3 Å². The van der Waals surface area contributed by atoms with Crippen LogP contribution < -0.4 is 15.5 Å². The Labute approximate surface area is 222 Å². The van der Waals surface area contributed by atoms with Crippen LogP contribution in [0.5, 0.6) is 0 Å². The number of aliphatic carboxylic acids is 1. The number of halogens is 1. The van der Waals surface area contributed by atoms with Gasteiger partial charge in [-0.1, -0.05) is 11.1 Å². The molecule has 0 unspecified atom stereocenters. The average Bonchev–Trinajstić information content (AvgIpc) is 3.42. The predicted molar refractivity (Wildman–Crippen MR) is 140 cm³/mol. The zero-order valence-electron chi connectivity index (χ0n) is 21.2. The second-order valence-electron chi connectivity index (χ2n) is 8.84. The highest BCUT2D eigenvalue weighted by Gasteiger charge is 2.25. The van der Waals surface area contributed by atoms with Gasteiger partial charge >= 0.3 is 5.97 Å². The molecule has 0 saturated carbocycles. The predicted octanol–water partition coefficient (Wildman–Crippen LogP) is 2.09. The fourth-order valence-electron chi connectivity index (χ4n) is 4.10. The zero-order valence-corrected chi connectivity index (χ0v) is 21.2. The number of anilines is 2. The number of nitrogens with zero attached hydrogens (tertiary/aromatic N) is 5. The first kappa shape index (κ1) is 26.9. The number of rotatable bonds is 9. The Morgan fingerprint density at radius 2 is 2.03 bits per heavy atom. The van der Waals surface area contributed by atoms with Crippen LogP contribution in [0, 0.1) is 25.1 Å². The third-order valence-electron chi connectivity index (χ3n) is 6.14. The number of aromatic amines is 1. The molecule has 0 spiro atoms. The maximum absolute atomic E-state index is 15.1. The number of carboxylic acids is 1. The van der Waals surface area contributed by atoms with Crippen LogP contribution in [0.1, 0.15) is 51.0 Å². The third-order valence-corrected chi connectivity index (χ3v) is 6.14. The average molecular weight is 533 g/mol. The first-order valence-electron chi connectivity index (χ1n) is 11.9. The number of aliphatic imine (C=N–C) groups is 1. The summed E-state index contributed by atoms with van der Waals surface area (Å²) in [5, 5.41) is 28.1. The molecule has 0 saturated heterocycles. The van der Waals surface area contributed by atoms with Gasteiger partial charge in [-0.15, -0.1) is 16.6 Å². The van der Waals surface area contributed by atoms with Crippen molar-refractivity contribution in [3.05, 3.63) is 64.2 Å². The molecule has 12 nitrogen and oxygen atoms in total. The van der Waals surface area contributed by atoms with Gasteiger partial charge in [-0.25, -0.2) is 9.18 Å². The molecule has 0 bridgehead atoms. The Balaban J connectivity index is 1.54. The van der Waals surface area contributed by atoms with Crippen molar-refractivity contribution in [2.24, 2.45) is 4.99 Å². The normalized spacial score (nSPS) is 12.8. The number of fused-ring (bicyclic) bond motifs is 1. The number of tetrazole rings is 1. The fraction of sp³-hybridized carbons (Fsp3) is 0.269. The lowest BCUT2D eigenvalue weighted by molar-refractivity contribution is -0.139. The largest absolute Gasteiger partial charge is 0.480 e. The zero-order chi connectivity index (χ0) is 28.1. The maximum atomic E-state index is 15.1. The number of H-pyrrole nitrogens is 1. The van der Waals surface area contributed by atoms with Crippen LogP contribution in [0.4, 0.5) is 15.8 Å². The highest BCUT2D eigenvalue weighted by molar-refractivity contribution is 6.08. The van der Waals surface area contributed by atoms with Crippen molar-refractivity contribution in [1.82, 2.24) is 25.9 Å². The molecule has 0 radical (unpaired) electrons. The molecule has 1 aliphatic heterocycles. The minimum absolute atomic E-state index is 0.0364. The number of carboxylic acid groups (broad SMARTS) is 1. The third kappa shape index (κ3) is 6.07. The van der Waals surface area contributed by atoms with Crippen LogP contribution >= 0.6 is 0 Å². The molecule has 0 fully saturated rings.